The summed E-state index contributed by atoms with van der Waals surface area (Å²) in [7, 11) is 5.49. The van der Waals surface area contributed by atoms with E-state index in [1.165, 1.54) is 0 Å². The first-order chi connectivity index (χ1) is 8.49. The lowest BCUT2D eigenvalue weighted by atomic mass is 10.2. The zero-order valence-electron chi connectivity index (χ0n) is 10.6. The quantitative estimate of drug-likeness (QED) is 0.920. The maximum Gasteiger partial charge on any atom is 0.239 e. The summed E-state index contributed by atoms with van der Waals surface area (Å²) in [6, 6.07) is 5.56. The van der Waals surface area contributed by atoms with Gasteiger partial charge in [-0.1, -0.05) is 17.7 Å². The number of fused-ring (bicyclic) bond motifs is 1. The van der Waals surface area contributed by atoms with Gasteiger partial charge in [0.05, 0.1) is 22.5 Å². The molecule has 0 atom stereocenters. The number of hydrogen-bond donors (Lipinski definition) is 1. The Morgan fingerprint density at radius 1 is 1.50 bits per heavy atom. The van der Waals surface area contributed by atoms with Crippen LogP contribution in [-0.2, 0) is 11.8 Å². The fourth-order valence-corrected chi connectivity index (χ4v) is 2.08. The van der Waals surface area contributed by atoms with Crippen molar-refractivity contribution in [2.24, 2.45) is 7.05 Å². The molecule has 0 bridgehead atoms. The van der Waals surface area contributed by atoms with Crippen molar-refractivity contribution in [3.05, 3.63) is 23.2 Å². The van der Waals surface area contributed by atoms with Crippen molar-refractivity contribution in [1.82, 2.24) is 14.7 Å². The Morgan fingerprint density at radius 3 is 2.89 bits per heavy atom. The van der Waals surface area contributed by atoms with Crippen molar-refractivity contribution in [2.45, 2.75) is 0 Å². The highest BCUT2D eigenvalue weighted by molar-refractivity contribution is 6.36. The number of anilines is 1. The number of amides is 1. The molecule has 0 aliphatic rings. The number of benzene rings is 1. The van der Waals surface area contributed by atoms with E-state index in [4.69, 9.17) is 11.6 Å². The fourth-order valence-electron chi connectivity index (χ4n) is 1.82. The molecular formula is C12H15ClN4O. The smallest absolute Gasteiger partial charge is 0.239 e. The predicted octanol–water partition coefficient (Wildman–Crippen LogP) is 1.73. The summed E-state index contributed by atoms with van der Waals surface area (Å²) in [5.74, 6) is 0.393. The largest absolute Gasteiger partial charge is 0.308 e. The standard InChI is InChI=1S/C12H15ClN4O/c1-16(2)7-10(18)14-12-11-8(13)5-4-6-9(11)17(3)15-12/h4-6H,7H2,1-3H3,(H,14,15,18). The SMILES string of the molecule is CN(C)CC(=O)Nc1nn(C)c2cccc(Cl)c12. The molecule has 96 valence electrons. The van der Waals surface area contributed by atoms with Gasteiger partial charge in [-0.2, -0.15) is 5.10 Å². The molecule has 18 heavy (non-hydrogen) atoms. The van der Waals surface area contributed by atoms with Crippen LogP contribution in [0.2, 0.25) is 5.02 Å². The predicted molar refractivity (Wildman–Crippen MR) is 72.9 cm³/mol. The Morgan fingerprint density at radius 2 is 2.22 bits per heavy atom. The minimum atomic E-state index is -0.111. The van der Waals surface area contributed by atoms with E-state index in [-0.39, 0.29) is 5.91 Å². The molecule has 1 amide bonds. The van der Waals surface area contributed by atoms with E-state index in [0.717, 1.165) is 10.9 Å². The summed E-state index contributed by atoms with van der Waals surface area (Å²) in [6.45, 7) is 0.308. The van der Waals surface area contributed by atoms with Gasteiger partial charge in [-0.3, -0.25) is 9.48 Å². The molecule has 2 aromatic rings. The van der Waals surface area contributed by atoms with Gasteiger partial charge in [0.25, 0.3) is 0 Å². The van der Waals surface area contributed by atoms with Gasteiger partial charge in [0.15, 0.2) is 5.82 Å². The van der Waals surface area contributed by atoms with Crippen molar-refractivity contribution in [3.63, 3.8) is 0 Å². The summed E-state index contributed by atoms with van der Waals surface area (Å²) in [5, 5.41) is 8.42. The normalized spacial score (nSPS) is 11.2. The van der Waals surface area contributed by atoms with Crippen LogP contribution in [0.1, 0.15) is 0 Å². The number of rotatable bonds is 3. The van der Waals surface area contributed by atoms with Crippen molar-refractivity contribution in [2.75, 3.05) is 26.0 Å². The second kappa shape index (κ2) is 4.96. The van der Waals surface area contributed by atoms with Crippen LogP contribution >= 0.6 is 11.6 Å². The first-order valence-electron chi connectivity index (χ1n) is 5.55. The van der Waals surface area contributed by atoms with E-state index in [9.17, 15) is 4.79 Å². The zero-order chi connectivity index (χ0) is 13.3. The highest BCUT2D eigenvalue weighted by Crippen LogP contribution is 2.29. The molecule has 1 heterocycles. The number of nitrogens with zero attached hydrogens (tertiary/aromatic N) is 3. The third kappa shape index (κ3) is 2.47. The molecule has 1 aromatic carbocycles. The molecule has 5 nitrogen and oxygen atoms in total. The number of aryl methyl sites for hydroxylation is 1. The highest BCUT2D eigenvalue weighted by Gasteiger charge is 2.14. The number of carbonyl (C=O) groups excluding carboxylic acids is 1. The van der Waals surface area contributed by atoms with Crippen molar-refractivity contribution in [3.8, 4) is 0 Å². The summed E-state index contributed by atoms with van der Waals surface area (Å²) < 4.78 is 1.70. The van der Waals surface area contributed by atoms with Crippen molar-refractivity contribution < 1.29 is 4.79 Å². The second-order valence-electron chi connectivity index (χ2n) is 4.39. The van der Waals surface area contributed by atoms with Crippen LogP contribution in [0, 0.1) is 0 Å². The van der Waals surface area contributed by atoms with Crippen LogP contribution in [0.25, 0.3) is 10.9 Å². The molecule has 0 unspecified atom stereocenters. The van der Waals surface area contributed by atoms with E-state index < -0.39 is 0 Å². The topological polar surface area (TPSA) is 50.2 Å². The van der Waals surface area contributed by atoms with E-state index >= 15 is 0 Å². The molecule has 6 heteroatoms. The fraction of sp³-hybridized carbons (Fsp3) is 0.333. The zero-order valence-corrected chi connectivity index (χ0v) is 11.3. The third-order valence-corrected chi connectivity index (χ3v) is 2.86. The number of likely N-dealkylation sites (N-methyl/N-ethyl adjacent to an activating group) is 1. The van der Waals surface area contributed by atoms with Crippen LogP contribution < -0.4 is 5.32 Å². The minimum absolute atomic E-state index is 0.111. The molecule has 0 saturated heterocycles. The minimum Gasteiger partial charge on any atom is -0.308 e. The first kappa shape index (κ1) is 12.9. The Bertz CT molecular complexity index is 591. The average Bonchev–Trinajstić information content (AvgIpc) is 2.56. The lowest BCUT2D eigenvalue weighted by Gasteiger charge is -2.08. The first-order valence-corrected chi connectivity index (χ1v) is 5.92. The summed E-state index contributed by atoms with van der Waals surface area (Å²) in [4.78, 5) is 13.5. The van der Waals surface area contributed by atoms with E-state index in [0.29, 0.717) is 17.4 Å². The Hall–Kier alpha value is -1.59. The number of carbonyl (C=O) groups is 1. The molecule has 0 saturated carbocycles. The van der Waals surface area contributed by atoms with Gasteiger partial charge in [-0.05, 0) is 26.2 Å². The summed E-state index contributed by atoms with van der Waals surface area (Å²) >= 11 is 6.15. The van der Waals surface area contributed by atoms with E-state index in [1.807, 2.05) is 33.3 Å². The Balaban J connectivity index is 2.37. The molecule has 0 aliphatic carbocycles. The third-order valence-electron chi connectivity index (χ3n) is 2.54. The van der Waals surface area contributed by atoms with Crippen LogP contribution in [-0.4, -0.2) is 41.2 Å². The van der Waals surface area contributed by atoms with Crippen LogP contribution in [0.4, 0.5) is 5.82 Å². The maximum absolute atomic E-state index is 11.7. The number of nitrogens with one attached hydrogen (secondary N) is 1. The van der Waals surface area contributed by atoms with E-state index in [2.05, 4.69) is 10.4 Å². The lowest BCUT2D eigenvalue weighted by molar-refractivity contribution is -0.116. The highest BCUT2D eigenvalue weighted by atomic mass is 35.5. The van der Waals surface area contributed by atoms with Gasteiger partial charge in [0.2, 0.25) is 5.91 Å². The summed E-state index contributed by atoms with van der Waals surface area (Å²) in [6.07, 6.45) is 0. The molecule has 1 N–H and O–H groups in total. The average molecular weight is 267 g/mol. The number of aromatic nitrogens is 2. The number of hydrogen-bond acceptors (Lipinski definition) is 3. The molecule has 0 fully saturated rings. The molecule has 0 radical (unpaired) electrons. The van der Waals surface area contributed by atoms with Gasteiger partial charge in [-0.25, -0.2) is 0 Å². The lowest BCUT2D eigenvalue weighted by Crippen LogP contribution is -2.27. The monoisotopic (exact) mass is 266 g/mol. The van der Waals surface area contributed by atoms with Gasteiger partial charge < -0.3 is 10.2 Å². The second-order valence-corrected chi connectivity index (χ2v) is 4.80. The Labute approximate surface area is 110 Å². The number of halogens is 1. The van der Waals surface area contributed by atoms with Gasteiger partial charge >= 0.3 is 0 Å². The maximum atomic E-state index is 11.7. The van der Waals surface area contributed by atoms with Crippen LogP contribution in [0.15, 0.2) is 18.2 Å². The molecule has 2 rings (SSSR count). The van der Waals surface area contributed by atoms with E-state index in [1.54, 1.807) is 15.6 Å². The summed E-state index contributed by atoms with van der Waals surface area (Å²) in [5.41, 5.74) is 0.891. The molecule has 0 spiro atoms. The van der Waals surface area contributed by atoms with Gasteiger partial charge in [0.1, 0.15) is 0 Å². The Kier molecular flexibility index (Phi) is 3.54. The molecular weight excluding hydrogens is 252 g/mol. The molecule has 0 aliphatic heterocycles. The van der Waals surface area contributed by atoms with Crippen molar-refractivity contribution in [1.29, 1.82) is 0 Å². The molecule has 1 aromatic heterocycles. The van der Waals surface area contributed by atoms with Gasteiger partial charge in [0, 0.05) is 7.05 Å². The van der Waals surface area contributed by atoms with Crippen molar-refractivity contribution >= 4 is 34.2 Å². The van der Waals surface area contributed by atoms with Crippen LogP contribution in [0.3, 0.4) is 0 Å². The van der Waals surface area contributed by atoms with Gasteiger partial charge in [-0.15, -0.1) is 0 Å². The van der Waals surface area contributed by atoms with Crippen LogP contribution in [0.5, 0.6) is 0 Å².